The molecule has 114 valence electrons. The summed E-state index contributed by atoms with van der Waals surface area (Å²) in [6.07, 6.45) is 9.32. The molecule has 0 spiro atoms. The average molecular weight is 303 g/mol. The summed E-state index contributed by atoms with van der Waals surface area (Å²) in [5, 5.41) is 0. The first kappa shape index (κ1) is 17.4. The Balaban J connectivity index is 2.28. The lowest BCUT2D eigenvalue weighted by molar-refractivity contribution is 0.262. The molecule has 1 aliphatic rings. The molecule has 1 heterocycles. The van der Waals surface area contributed by atoms with E-state index in [2.05, 4.69) is 20.8 Å². The van der Waals surface area contributed by atoms with Crippen LogP contribution in [0.25, 0.3) is 0 Å². The molecule has 1 aliphatic heterocycles. The highest BCUT2D eigenvalue weighted by Crippen LogP contribution is 2.26. The maximum absolute atomic E-state index is 6.48. The highest BCUT2D eigenvalue weighted by atomic mass is 29.2. The van der Waals surface area contributed by atoms with Gasteiger partial charge in [0.2, 0.25) is 7.83 Å². The first-order valence-electron chi connectivity index (χ1n) is 8.40. The van der Waals surface area contributed by atoms with Crippen molar-refractivity contribution in [2.24, 2.45) is 5.92 Å². The highest BCUT2D eigenvalue weighted by molar-refractivity contribution is 7.19. The second kappa shape index (κ2) is 10.1. The quantitative estimate of drug-likeness (QED) is 0.449. The van der Waals surface area contributed by atoms with Gasteiger partial charge in [0.25, 0.3) is 0 Å². The third kappa shape index (κ3) is 7.64. The minimum Gasteiger partial charge on any atom is -0.424 e. The molecule has 0 aromatic carbocycles. The standard InChI is InChI=1S/C15H34O2Si2/c1-4-5-6-7-13-19(14-9-11-16-18-19)17-12-8-10-15(2)3/h15H,4-14,18H2,1-3H3. The molecular formula is C15H34O2Si2. The Bertz CT molecular complexity index is 216. The van der Waals surface area contributed by atoms with Gasteiger partial charge in [0.05, 0.1) is 0 Å². The van der Waals surface area contributed by atoms with Crippen molar-refractivity contribution in [3.05, 3.63) is 0 Å². The Hall–Kier alpha value is 0.354. The fraction of sp³-hybridized carbons (Fsp3) is 1.00. The zero-order valence-corrected chi connectivity index (χ0v) is 15.8. The zero-order valence-electron chi connectivity index (χ0n) is 13.4. The van der Waals surface area contributed by atoms with Gasteiger partial charge in [0.1, 0.15) is 0 Å². The van der Waals surface area contributed by atoms with E-state index in [1.165, 1.54) is 57.0 Å². The van der Waals surface area contributed by atoms with Crippen LogP contribution in [0.1, 0.15) is 65.7 Å². The lowest BCUT2D eigenvalue weighted by Gasteiger charge is -2.34. The van der Waals surface area contributed by atoms with Gasteiger partial charge in [0, 0.05) is 13.2 Å². The summed E-state index contributed by atoms with van der Waals surface area (Å²) in [6, 6.07) is 2.79. The molecule has 1 unspecified atom stereocenters. The summed E-state index contributed by atoms with van der Waals surface area (Å²) in [4.78, 5) is 0. The molecule has 19 heavy (non-hydrogen) atoms. The molecule has 0 saturated carbocycles. The summed E-state index contributed by atoms with van der Waals surface area (Å²) < 4.78 is 12.4. The molecule has 0 radical (unpaired) electrons. The van der Waals surface area contributed by atoms with Gasteiger partial charge in [-0.25, -0.2) is 0 Å². The SMILES string of the molecule is CCCCCC[Si]1(OCCCC(C)C)CCCO[SiH2]1. The molecule has 2 nitrogen and oxygen atoms in total. The molecule has 0 bridgehead atoms. The molecule has 0 amide bonds. The number of hydrogen-bond acceptors (Lipinski definition) is 2. The van der Waals surface area contributed by atoms with Crippen LogP contribution in [-0.2, 0) is 8.85 Å². The molecule has 0 N–H and O–H groups in total. The predicted octanol–water partition coefficient (Wildman–Crippen LogP) is 3.97. The zero-order chi connectivity index (χ0) is 14.0. The van der Waals surface area contributed by atoms with Crippen LogP contribution in [0.15, 0.2) is 0 Å². The van der Waals surface area contributed by atoms with Gasteiger partial charge in [-0.05, 0) is 37.3 Å². The Morgan fingerprint density at radius 2 is 2.05 bits per heavy atom. The van der Waals surface area contributed by atoms with Crippen molar-refractivity contribution in [2.75, 3.05) is 13.2 Å². The second-order valence-electron chi connectivity index (χ2n) is 6.53. The van der Waals surface area contributed by atoms with E-state index in [0.717, 1.165) is 19.1 Å². The molecule has 1 saturated heterocycles. The first-order valence-corrected chi connectivity index (χ1v) is 13.6. The van der Waals surface area contributed by atoms with Gasteiger partial charge in [-0.15, -0.1) is 0 Å². The normalized spacial score (nSPS) is 25.3. The predicted molar refractivity (Wildman–Crippen MR) is 88.6 cm³/mol. The Labute approximate surface area is 123 Å². The van der Waals surface area contributed by atoms with E-state index in [4.69, 9.17) is 8.85 Å². The summed E-state index contributed by atoms with van der Waals surface area (Å²) in [5.74, 6) is 0.811. The van der Waals surface area contributed by atoms with Crippen LogP contribution in [0, 0.1) is 5.92 Å². The smallest absolute Gasteiger partial charge is 0.203 e. The van der Waals surface area contributed by atoms with Crippen molar-refractivity contribution >= 4 is 17.1 Å². The summed E-state index contributed by atoms with van der Waals surface area (Å²) in [5.41, 5.74) is 0. The van der Waals surface area contributed by atoms with Crippen molar-refractivity contribution in [3.8, 4) is 0 Å². The third-order valence-electron chi connectivity index (χ3n) is 4.11. The second-order valence-corrected chi connectivity index (χ2v) is 15.6. The summed E-state index contributed by atoms with van der Waals surface area (Å²) >= 11 is 0. The summed E-state index contributed by atoms with van der Waals surface area (Å²) in [7, 11) is -1.74. The fourth-order valence-electron chi connectivity index (χ4n) is 2.86. The molecule has 0 aromatic rings. The topological polar surface area (TPSA) is 18.5 Å². The van der Waals surface area contributed by atoms with E-state index in [-0.39, 0.29) is 9.28 Å². The molecule has 0 aromatic heterocycles. The van der Waals surface area contributed by atoms with Gasteiger partial charge in [-0.2, -0.15) is 0 Å². The monoisotopic (exact) mass is 302 g/mol. The Morgan fingerprint density at radius 3 is 2.68 bits per heavy atom. The summed E-state index contributed by atoms with van der Waals surface area (Å²) in [6.45, 7) is 8.92. The highest BCUT2D eigenvalue weighted by Gasteiger charge is 2.37. The minimum absolute atomic E-state index is 0.349. The molecular weight excluding hydrogens is 268 g/mol. The van der Waals surface area contributed by atoms with E-state index < -0.39 is 7.83 Å². The maximum Gasteiger partial charge on any atom is 0.203 e. The van der Waals surface area contributed by atoms with Crippen LogP contribution in [0.5, 0.6) is 0 Å². The van der Waals surface area contributed by atoms with Gasteiger partial charge in [-0.3, -0.25) is 0 Å². The molecule has 1 atom stereocenters. The number of rotatable bonds is 10. The number of unbranched alkanes of at least 4 members (excludes halogenated alkanes) is 3. The van der Waals surface area contributed by atoms with E-state index in [0.29, 0.717) is 0 Å². The third-order valence-corrected chi connectivity index (χ3v) is 13.4. The van der Waals surface area contributed by atoms with Crippen molar-refractivity contribution in [3.63, 3.8) is 0 Å². The molecule has 4 heteroatoms. The Morgan fingerprint density at radius 1 is 1.21 bits per heavy atom. The largest absolute Gasteiger partial charge is 0.424 e. The fourth-order valence-corrected chi connectivity index (χ4v) is 11.4. The van der Waals surface area contributed by atoms with Crippen LogP contribution >= 0.6 is 0 Å². The van der Waals surface area contributed by atoms with E-state index in [1.807, 2.05) is 0 Å². The van der Waals surface area contributed by atoms with Gasteiger partial charge in [-0.1, -0.05) is 46.5 Å². The van der Waals surface area contributed by atoms with Crippen molar-refractivity contribution < 1.29 is 8.85 Å². The van der Waals surface area contributed by atoms with Crippen LogP contribution < -0.4 is 0 Å². The lowest BCUT2D eigenvalue weighted by Crippen LogP contribution is -2.49. The van der Waals surface area contributed by atoms with Crippen LogP contribution in [0.3, 0.4) is 0 Å². The van der Waals surface area contributed by atoms with E-state index >= 15 is 0 Å². The van der Waals surface area contributed by atoms with Crippen LogP contribution in [0.2, 0.25) is 12.1 Å². The van der Waals surface area contributed by atoms with Crippen LogP contribution in [-0.4, -0.2) is 30.3 Å². The minimum atomic E-state index is -1.39. The van der Waals surface area contributed by atoms with Gasteiger partial charge < -0.3 is 8.85 Å². The van der Waals surface area contributed by atoms with E-state index in [1.54, 1.807) is 0 Å². The van der Waals surface area contributed by atoms with Gasteiger partial charge >= 0.3 is 0 Å². The molecule has 0 aliphatic carbocycles. The van der Waals surface area contributed by atoms with E-state index in [9.17, 15) is 0 Å². The van der Waals surface area contributed by atoms with Gasteiger partial charge in [0.15, 0.2) is 9.28 Å². The maximum atomic E-state index is 6.48. The van der Waals surface area contributed by atoms with Crippen LogP contribution in [0.4, 0.5) is 0 Å². The van der Waals surface area contributed by atoms with Crippen molar-refractivity contribution in [2.45, 2.75) is 77.8 Å². The first-order chi connectivity index (χ1) is 9.18. The molecule has 1 fully saturated rings. The Kier molecular flexibility index (Phi) is 9.28. The molecule has 1 rings (SSSR count). The average Bonchev–Trinajstić information content (AvgIpc) is 2.41. The number of hydrogen-bond donors (Lipinski definition) is 0. The van der Waals surface area contributed by atoms with Crippen molar-refractivity contribution in [1.29, 1.82) is 0 Å². The lowest BCUT2D eigenvalue weighted by atomic mass is 10.1. The van der Waals surface area contributed by atoms with Crippen molar-refractivity contribution in [1.82, 2.24) is 0 Å².